The molecule has 20 heavy (non-hydrogen) atoms. The van der Waals surface area contributed by atoms with Crippen molar-refractivity contribution in [3.05, 3.63) is 29.8 Å². The summed E-state index contributed by atoms with van der Waals surface area (Å²) in [5.74, 6) is -1.54. The maximum atomic E-state index is 13.3. The summed E-state index contributed by atoms with van der Waals surface area (Å²) in [6, 6.07) is 3.03. The quantitative estimate of drug-likeness (QED) is 0.880. The first-order valence-corrected chi connectivity index (χ1v) is 6.64. The van der Waals surface area contributed by atoms with Crippen molar-refractivity contribution in [2.45, 2.75) is 19.4 Å². The highest BCUT2D eigenvalue weighted by Gasteiger charge is 2.22. The van der Waals surface area contributed by atoms with Gasteiger partial charge in [0.15, 0.2) is 18.2 Å². The van der Waals surface area contributed by atoms with E-state index in [0.29, 0.717) is 5.92 Å². The molecule has 0 spiro atoms. The average Bonchev–Trinajstić information content (AvgIpc) is 2.40. The van der Waals surface area contributed by atoms with Crippen molar-refractivity contribution < 1.29 is 18.3 Å². The summed E-state index contributed by atoms with van der Waals surface area (Å²) in [4.78, 5) is 11.7. The van der Waals surface area contributed by atoms with Gasteiger partial charge in [0.05, 0.1) is 0 Å². The molecule has 1 amide bonds. The van der Waals surface area contributed by atoms with Gasteiger partial charge >= 0.3 is 0 Å². The average molecular weight is 284 g/mol. The summed E-state index contributed by atoms with van der Waals surface area (Å²) < 4.78 is 31.1. The Morgan fingerprint density at radius 1 is 1.50 bits per heavy atom. The van der Waals surface area contributed by atoms with Crippen LogP contribution in [0, 0.1) is 17.6 Å². The van der Waals surface area contributed by atoms with Crippen molar-refractivity contribution in [1.29, 1.82) is 0 Å². The summed E-state index contributed by atoms with van der Waals surface area (Å²) in [5, 5.41) is 6.05. The van der Waals surface area contributed by atoms with E-state index in [-0.39, 0.29) is 24.3 Å². The highest BCUT2D eigenvalue weighted by molar-refractivity contribution is 5.77. The van der Waals surface area contributed by atoms with Crippen LogP contribution in [-0.2, 0) is 4.79 Å². The second kappa shape index (κ2) is 6.65. The van der Waals surface area contributed by atoms with E-state index in [1.807, 2.05) is 0 Å². The number of carbonyl (C=O) groups excluding carboxylic acids is 1. The number of piperidine rings is 1. The Balaban J connectivity index is 1.82. The molecule has 0 bridgehead atoms. The molecule has 2 N–H and O–H groups in total. The van der Waals surface area contributed by atoms with Crippen LogP contribution in [0.15, 0.2) is 18.2 Å². The zero-order chi connectivity index (χ0) is 14.5. The third kappa shape index (κ3) is 3.90. The van der Waals surface area contributed by atoms with Gasteiger partial charge < -0.3 is 15.4 Å². The third-order valence-electron chi connectivity index (χ3n) is 3.43. The smallest absolute Gasteiger partial charge is 0.258 e. The summed E-state index contributed by atoms with van der Waals surface area (Å²) in [6.45, 7) is 3.46. The van der Waals surface area contributed by atoms with E-state index in [9.17, 15) is 13.6 Å². The molecule has 2 unspecified atom stereocenters. The van der Waals surface area contributed by atoms with Crippen molar-refractivity contribution >= 4 is 5.91 Å². The van der Waals surface area contributed by atoms with Crippen molar-refractivity contribution in [3.63, 3.8) is 0 Å². The molecule has 2 atom stereocenters. The van der Waals surface area contributed by atoms with Crippen molar-refractivity contribution in [2.75, 3.05) is 19.7 Å². The highest BCUT2D eigenvalue weighted by atomic mass is 19.1. The summed E-state index contributed by atoms with van der Waals surface area (Å²) >= 11 is 0. The normalized spacial score (nSPS) is 22.4. The molecule has 4 nitrogen and oxygen atoms in total. The Morgan fingerprint density at radius 2 is 2.30 bits per heavy atom. The maximum Gasteiger partial charge on any atom is 0.258 e. The van der Waals surface area contributed by atoms with Gasteiger partial charge in [0.25, 0.3) is 5.91 Å². The van der Waals surface area contributed by atoms with E-state index in [1.165, 1.54) is 6.07 Å². The Kier molecular flexibility index (Phi) is 4.89. The zero-order valence-corrected chi connectivity index (χ0v) is 11.3. The number of amides is 1. The lowest BCUT2D eigenvalue weighted by molar-refractivity contribution is -0.124. The third-order valence-corrected chi connectivity index (χ3v) is 3.43. The molecule has 6 heteroatoms. The molecule has 1 aliphatic rings. The topological polar surface area (TPSA) is 50.4 Å². The Morgan fingerprint density at radius 3 is 3.00 bits per heavy atom. The lowest BCUT2D eigenvalue weighted by Crippen LogP contribution is -2.51. The van der Waals surface area contributed by atoms with Gasteiger partial charge in [0.1, 0.15) is 5.82 Å². The van der Waals surface area contributed by atoms with Crippen LogP contribution in [0.2, 0.25) is 0 Å². The van der Waals surface area contributed by atoms with E-state index in [0.717, 1.165) is 31.6 Å². The molecular weight excluding hydrogens is 266 g/mol. The van der Waals surface area contributed by atoms with Crippen LogP contribution < -0.4 is 15.4 Å². The highest BCUT2D eigenvalue weighted by Crippen LogP contribution is 2.17. The van der Waals surface area contributed by atoms with Crippen LogP contribution in [0.4, 0.5) is 8.78 Å². The van der Waals surface area contributed by atoms with Gasteiger partial charge in [-0.15, -0.1) is 0 Å². The number of halogens is 2. The van der Waals surface area contributed by atoms with Gasteiger partial charge in [-0.3, -0.25) is 4.79 Å². The zero-order valence-electron chi connectivity index (χ0n) is 11.3. The number of ether oxygens (including phenoxy) is 1. The van der Waals surface area contributed by atoms with Crippen molar-refractivity contribution in [3.8, 4) is 5.75 Å². The number of carbonyl (C=O) groups is 1. The van der Waals surface area contributed by atoms with Crippen LogP contribution in [0.5, 0.6) is 5.75 Å². The molecule has 0 radical (unpaired) electrons. The molecule has 1 heterocycles. The molecular formula is C14H18F2N2O2. The van der Waals surface area contributed by atoms with Crippen LogP contribution in [0.25, 0.3) is 0 Å². The van der Waals surface area contributed by atoms with Crippen molar-refractivity contribution in [1.82, 2.24) is 10.6 Å². The minimum atomic E-state index is -0.814. The first-order valence-electron chi connectivity index (χ1n) is 6.64. The van der Waals surface area contributed by atoms with Gasteiger partial charge in [-0.05, 0) is 31.0 Å². The van der Waals surface area contributed by atoms with Gasteiger partial charge in [0.2, 0.25) is 0 Å². The van der Waals surface area contributed by atoms with E-state index >= 15 is 0 Å². The molecule has 110 valence electrons. The molecule has 2 rings (SSSR count). The molecule has 1 aliphatic heterocycles. The molecule has 1 fully saturated rings. The predicted molar refractivity (Wildman–Crippen MR) is 70.4 cm³/mol. The second-order valence-electron chi connectivity index (χ2n) is 5.01. The van der Waals surface area contributed by atoms with Gasteiger partial charge in [0, 0.05) is 18.7 Å². The summed E-state index contributed by atoms with van der Waals surface area (Å²) in [6.07, 6.45) is 0.998. The number of hydrogen-bond donors (Lipinski definition) is 2. The SMILES string of the molecule is CC1CCNCC1NC(=O)COc1ccc(F)cc1F. The lowest BCUT2D eigenvalue weighted by Gasteiger charge is -2.30. The standard InChI is InChI=1S/C14H18F2N2O2/c1-9-4-5-17-7-12(9)18-14(19)8-20-13-3-2-10(15)6-11(13)16/h2-3,6,9,12,17H,4-5,7-8H2,1H3,(H,18,19). The van der Waals surface area contributed by atoms with Crippen LogP contribution in [0.1, 0.15) is 13.3 Å². The van der Waals surface area contributed by atoms with Gasteiger partial charge in [-0.1, -0.05) is 6.92 Å². The molecule has 0 saturated carbocycles. The van der Waals surface area contributed by atoms with Crippen LogP contribution in [0.3, 0.4) is 0 Å². The lowest BCUT2D eigenvalue weighted by atomic mass is 9.95. The Labute approximate surface area is 116 Å². The first-order chi connectivity index (χ1) is 9.56. The van der Waals surface area contributed by atoms with Gasteiger partial charge in [-0.2, -0.15) is 0 Å². The minimum Gasteiger partial charge on any atom is -0.481 e. The van der Waals surface area contributed by atoms with Gasteiger partial charge in [-0.25, -0.2) is 8.78 Å². The van der Waals surface area contributed by atoms with Crippen LogP contribution in [-0.4, -0.2) is 31.6 Å². The molecule has 0 aliphatic carbocycles. The number of benzene rings is 1. The molecule has 0 aromatic heterocycles. The van der Waals surface area contributed by atoms with E-state index in [4.69, 9.17) is 4.74 Å². The predicted octanol–water partition coefficient (Wildman–Crippen LogP) is 1.46. The first kappa shape index (κ1) is 14.7. The molecule has 1 aromatic carbocycles. The fourth-order valence-corrected chi connectivity index (χ4v) is 2.17. The van der Waals surface area contributed by atoms with E-state index in [2.05, 4.69) is 17.6 Å². The molecule has 1 aromatic rings. The molecule has 1 saturated heterocycles. The number of hydrogen-bond acceptors (Lipinski definition) is 3. The second-order valence-corrected chi connectivity index (χ2v) is 5.01. The number of nitrogens with one attached hydrogen (secondary N) is 2. The van der Waals surface area contributed by atoms with Crippen LogP contribution >= 0.6 is 0 Å². The monoisotopic (exact) mass is 284 g/mol. The Hall–Kier alpha value is -1.69. The summed E-state index contributed by atoms with van der Waals surface area (Å²) in [5.41, 5.74) is 0. The van der Waals surface area contributed by atoms with E-state index in [1.54, 1.807) is 0 Å². The Bertz CT molecular complexity index is 482. The largest absolute Gasteiger partial charge is 0.481 e. The summed E-state index contributed by atoms with van der Waals surface area (Å²) in [7, 11) is 0. The minimum absolute atomic E-state index is 0.0536. The fraction of sp³-hybridized carbons (Fsp3) is 0.500. The van der Waals surface area contributed by atoms with E-state index < -0.39 is 11.6 Å². The fourth-order valence-electron chi connectivity index (χ4n) is 2.17. The maximum absolute atomic E-state index is 13.3. The number of rotatable bonds is 4. The van der Waals surface area contributed by atoms with Crippen molar-refractivity contribution in [2.24, 2.45) is 5.92 Å².